The zero-order valence-corrected chi connectivity index (χ0v) is 7.44. The van der Waals surface area contributed by atoms with E-state index in [0.29, 0.717) is 5.56 Å². The quantitative estimate of drug-likeness (QED) is 0.599. The van der Waals surface area contributed by atoms with Crippen molar-refractivity contribution in [3.8, 4) is 6.07 Å². The minimum absolute atomic E-state index is 0.608. The van der Waals surface area contributed by atoms with E-state index < -0.39 is 0 Å². The first kappa shape index (κ1) is 7.74. The molecule has 0 fully saturated rings. The molecule has 0 saturated carbocycles. The number of fused-ring (bicyclic) bond motifs is 1. The Hall–Kier alpha value is -1.89. The highest BCUT2D eigenvalue weighted by Gasteiger charge is 2.05. The molecule has 4 heteroatoms. The molecule has 0 aliphatic carbocycles. The first-order chi connectivity index (χ1) is 6.22. The van der Waals surface area contributed by atoms with E-state index in [-0.39, 0.29) is 0 Å². The third kappa shape index (κ3) is 1.05. The molecule has 4 nitrogen and oxygen atoms in total. The predicted molar refractivity (Wildman–Crippen MR) is 48.0 cm³/mol. The summed E-state index contributed by atoms with van der Waals surface area (Å²) in [6.07, 6.45) is 1.70. The number of nitriles is 1. The number of hydrogen-bond acceptors (Lipinski definition) is 3. The highest BCUT2D eigenvalue weighted by atomic mass is 15.3. The van der Waals surface area contributed by atoms with Crippen LogP contribution in [0.1, 0.15) is 11.3 Å². The van der Waals surface area contributed by atoms with E-state index in [9.17, 15) is 0 Å². The van der Waals surface area contributed by atoms with Crippen LogP contribution < -0.4 is 0 Å². The molecule has 2 aromatic heterocycles. The first-order valence-corrected chi connectivity index (χ1v) is 3.92. The van der Waals surface area contributed by atoms with Crippen LogP contribution in [0.25, 0.3) is 11.0 Å². The number of pyridine rings is 1. The van der Waals surface area contributed by atoms with Gasteiger partial charge in [0.1, 0.15) is 11.6 Å². The summed E-state index contributed by atoms with van der Waals surface area (Å²) < 4.78 is 1.71. The van der Waals surface area contributed by atoms with Crippen LogP contribution in [-0.4, -0.2) is 14.8 Å². The molecule has 0 atom stereocenters. The largest absolute Gasteiger partial charge is 0.266 e. The van der Waals surface area contributed by atoms with Gasteiger partial charge < -0.3 is 0 Å². The maximum absolute atomic E-state index is 8.79. The van der Waals surface area contributed by atoms with E-state index in [1.807, 2.05) is 20.0 Å². The molecule has 0 saturated heterocycles. The second-order valence-corrected chi connectivity index (χ2v) is 2.91. The zero-order valence-electron chi connectivity index (χ0n) is 7.44. The molecule has 0 radical (unpaired) electrons. The van der Waals surface area contributed by atoms with Crippen molar-refractivity contribution in [1.29, 1.82) is 5.26 Å². The van der Waals surface area contributed by atoms with Crippen molar-refractivity contribution in [3.05, 3.63) is 23.5 Å². The van der Waals surface area contributed by atoms with E-state index in [1.54, 1.807) is 10.9 Å². The van der Waals surface area contributed by atoms with Gasteiger partial charge in [0.2, 0.25) is 0 Å². The van der Waals surface area contributed by atoms with Gasteiger partial charge in [0, 0.05) is 7.05 Å². The number of aryl methyl sites for hydroxylation is 2. The summed E-state index contributed by atoms with van der Waals surface area (Å²) in [6.45, 7) is 1.82. The van der Waals surface area contributed by atoms with Crippen LogP contribution in [0.2, 0.25) is 0 Å². The van der Waals surface area contributed by atoms with Gasteiger partial charge in [0.15, 0.2) is 0 Å². The molecule has 2 aromatic rings. The Morgan fingerprint density at radius 3 is 3.00 bits per heavy atom. The summed E-state index contributed by atoms with van der Waals surface area (Å²) in [7, 11) is 1.83. The summed E-state index contributed by atoms with van der Waals surface area (Å²) in [5.74, 6) is 0. The van der Waals surface area contributed by atoms with E-state index in [4.69, 9.17) is 5.26 Å². The SMILES string of the molecule is Cc1nc2cnn(C)c2cc1C#N. The molecular formula is C9H8N4. The number of nitrogens with zero attached hydrogens (tertiary/aromatic N) is 4. The molecule has 64 valence electrons. The Labute approximate surface area is 75.4 Å². The van der Waals surface area contributed by atoms with Crippen LogP contribution in [0.15, 0.2) is 12.3 Å². The second-order valence-electron chi connectivity index (χ2n) is 2.91. The Bertz CT molecular complexity index is 504. The fourth-order valence-electron chi connectivity index (χ4n) is 1.28. The molecule has 2 rings (SSSR count). The maximum atomic E-state index is 8.79. The smallest absolute Gasteiger partial charge is 0.109 e. The minimum atomic E-state index is 0.608. The molecular weight excluding hydrogens is 164 g/mol. The molecule has 13 heavy (non-hydrogen) atoms. The Morgan fingerprint density at radius 2 is 2.31 bits per heavy atom. The lowest BCUT2D eigenvalue weighted by molar-refractivity contribution is 0.796. The molecule has 0 bridgehead atoms. The average Bonchev–Trinajstić information content (AvgIpc) is 2.46. The third-order valence-corrected chi connectivity index (χ3v) is 2.04. The van der Waals surface area contributed by atoms with Gasteiger partial charge in [-0.15, -0.1) is 0 Å². The van der Waals surface area contributed by atoms with E-state index in [1.165, 1.54) is 0 Å². The molecule has 2 heterocycles. The lowest BCUT2D eigenvalue weighted by Crippen LogP contribution is -1.92. The van der Waals surface area contributed by atoms with Crippen molar-refractivity contribution in [2.75, 3.05) is 0 Å². The van der Waals surface area contributed by atoms with Gasteiger partial charge in [-0.05, 0) is 13.0 Å². The van der Waals surface area contributed by atoms with Crippen molar-refractivity contribution < 1.29 is 0 Å². The predicted octanol–water partition coefficient (Wildman–Crippen LogP) is 1.15. The van der Waals surface area contributed by atoms with Gasteiger partial charge >= 0.3 is 0 Å². The fourth-order valence-corrected chi connectivity index (χ4v) is 1.28. The van der Waals surface area contributed by atoms with Gasteiger partial charge in [-0.1, -0.05) is 0 Å². The van der Waals surface area contributed by atoms with E-state index in [0.717, 1.165) is 16.7 Å². The van der Waals surface area contributed by atoms with Gasteiger partial charge in [-0.2, -0.15) is 10.4 Å². The standard InChI is InChI=1S/C9H8N4/c1-6-7(4-10)3-9-8(12-6)5-11-13(9)2/h3,5H,1-2H3. The molecule has 0 unspecified atom stereocenters. The van der Waals surface area contributed by atoms with Crippen molar-refractivity contribution in [2.24, 2.45) is 7.05 Å². The molecule has 0 spiro atoms. The molecule has 0 aliphatic heterocycles. The van der Waals surface area contributed by atoms with E-state index >= 15 is 0 Å². The Balaban J connectivity index is 2.86. The third-order valence-electron chi connectivity index (χ3n) is 2.04. The normalized spacial score (nSPS) is 10.2. The van der Waals surface area contributed by atoms with Crippen molar-refractivity contribution in [3.63, 3.8) is 0 Å². The van der Waals surface area contributed by atoms with Gasteiger partial charge in [0.05, 0.1) is 23.0 Å². The highest BCUT2D eigenvalue weighted by Crippen LogP contribution is 2.14. The summed E-state index contributed by atoms with van der Waals surface area (Å²) in [4.78, 5) is 4.26. The summed E-state index contributed by atoms with van der Waals surface area (Å²) in [5, 5.41) is 12.8. The average molecular weight is 172 g/mol. The van der Waals surface area contributed by atoms with Gasteiger partial charge in [-0.3, -0.25) is 4.68 Å². The first-order valence-electron chi connectivity index (χ1n) is 3.92. The van der Waals surface area contributed by atoms with Crippen molar-refractivity contribution in [2.45, 2.75) is 6.92 Å². The van der Waals surface area contributed by atoms with Crippen LogP contribution in [0.5, 0.6) is 0 Å². The number of hydrogen-bond donors (Lipinski definition) is 0. The van der Waals surface area contributed by atoms with Crippen molar-refractivity contribution >= 4 is 11.0 Å². The summed E-state index contributed by atoms with van der Waals surface area (Å²) >= 11 is 0. The zero-order chi connectivity index (χ0) is 9.42. The lowest BCUT2D eigenvalue weighted by Gasteiger charge is -1.97. The molecule has 0 N–H and O–H groups in total. The monoisotopic (exact) mass is 172 g/mol. The number of rotatable bonds is 0. The maximum Gasteiger partial charge on any atom is 0.109 e. The topological polar surface area (TPSA) is 54.5 Å². The fraction of sp³-hybridized carbons (Fsp3) is 0.222. The van der Waals surface area contributed by atoms with Crippen LogP contribution >= 0.6 is 0 Å². The van der Waals surface area contributed by atoms with Crippen molar-refractivity contribution in [1.82, 2.24) is 14.8 Å². The van der Waals surface area contributed by atoms with Crippen LogP contribution in [-0.2, 0) is 7.05 Å². The van der Waals surface area contributed by atoms with E-state index in [2.05, 4.69) is 16.2 Å². The Morgan fingerprint density at radius 1 is 1.54 bits per heavy atom. The summed E-state index contributed by atoms with van der Waals surface area (Å²) in [5.41, 5.74) is 3.08. The minimum Gasteiger partial charge on any atom is -0.266 e. The van der Waals surface area contributed by atoms with Crippen LogP contribution in [0.3, 0.4) is 0 Å². The molecule has 0 amide bonds. The van der Waals surface area contributed by atoms with Crippen LogP contribution in [0, 0.1) is 18.3 Å². The number of aromatic nitrogens is 3. The van der Waals surface area contributed by atoms with Gasteiger partial charge in [-0.25, -0.2) is 4.98 Å². The van der Waals surface area contributed by atoms with Crippen LogP contribution in [0.4, 0.5) is 0 Å². The Kier molecular flexibility index (Phi) is 1.52. The molecule has 0 aliphatic rings. The second kappa shape index (κ2) is 2.56. The lowest BCUT2D eigenvalue weighted by atomic mass is 10.2. The summed E-state index contributed by atoms with van der Waals surface area (Å²) in [6, 6.07) is 3.91. The van der Waals surface area contributed by atoms with Gasteiger partial charge in [0.25, 0.3) is 0 Å². The highest BCUT2D eigenvalue weighted by molar-refractivity contribution is 5.76. The molecule has 0 aromatic carbocycles.